The standard InChI is InChI=1S/C15H18N2OS2.C4H9NO2/c16-20(18)14-9-5-4-8-12(14)13-10-17-15(19-13)11-6-2-1-3-7-11;1-3(2)7-4(5)6/h4-5,8-11H,1-3,6-7,16H2;3H,1-2H3,(H2,5,6). The fourth-order valence-electron chi connectivity index (χ4n) is 3.03. The Kier molecular flexibility index (Phi) is 8.40. The van der Waals surface area contributed by atoms with Crippen molar-refractivity contribution in [3.05, 3.63) is 35.5 Å². The van der Waals surface area contributed by atoms with E-state index in [2.05, 4.69) is 15.5 Å². The zero-order chi connectivity index (χ0) is 19.8. The molecule has 2 aromatic rings. The van der Waals surface area contributed by atoms with E-state index in [9.17, 15) is 9.00 Å². The highest BCUT2D eigenvalue weighted by atomic mass is 32.2. The molecule has 0 bridgehead atoms. The molecule has 8 heteroatoms. The Bertz CT molecular complexity index is 771. The molecule has 1 atom stereocenters. The molecule has 6 nitrogen and oxygen atoms in total. The fourth-order valence-corrected chi connectivity index (χ4v) is 4.83. The van der Waals surface area contributed by atoms with Crippen LogP contribution in [0.4, 0.5) is 4.79 Å². The molecule has 1 unspecified atom stereocenters. The van der Waals surface area contributed by atoms with Gasteiger partial charge in [0.2, 0.25) is 0 Å². The molecule has 1 heterocycles. The normalized spacial score (nSPS) is 15.7. The molecule has 1 aliphatic carbocycles. The van der Waals surface area contributed by atoms with Gasteiger partial charge in [-0.05, 0) is 32.8 Å². The molecule has 0 radical (unpaired) electrons. The minimum absolute atomic E-state index is 0.0995. The first-order chi connectivity index (χ1) is 12.9. The van der Waals surface area contributed by atoms with Gasteiger partial charge in [0.1, 0.15) is 11.0 Å². The van der Waals surface area contributed by atoms with Crippen LogP contribution < -0.4 is 10.9 Å². The number of primary amides is 1. The maximum Gasteiger partial charge on any atom is 0.404 e. The number of carbonyl (C=O) groups is 1. The van der Waals surface area contributed by atoms with Gasteiger partial charge in [0, 0.05) is 17.7 Å². The van der Waals surface area contributed by atoms with Gasteiger partial charge in [-0.1, -0.05) is 37.5 Å². The summed E-state index contributed by atoms with van der Waals surface area (Å²) in [6.07, 6.45) is 7.55. The van der Waals surface area contributed by atoms with E-state index < -0.39 is 17.1 Å². The van der Waals surface area contributed by atoms with Crippen LogP contribution in [0.3, 0.4) is 0 Å². The van der Waals surface area contributed by atoms with Crippen LogP contribution in [0.15, 0.2) is 35.4 Å². The topological polar surface area (TPSA) is 108 Å². The summed E-state index contributed by atoms with van der Waals surface area (Å²) in [5, 5.41) is 6.78. The number of aromatic nitrogens is 1. The van der Waals surface area contributed by atoms with E-state index in [0.29, 0.717) is 10.8 Å². The lowest BCUT2D eigenvalue weighted by Crippen LogP contribution is -2.17. The van der Waals surface area contributed by atoms with Gasteiger partial charge >= 0.3 is 6.09 Å². The second-order valence-corrected chi connectivity index (χ2v) is 8.77. The van der Waals surface area contributed by atoms with Gasteiger partial charge in [0.25, 0.3) is 0 Å². The SMILES string of the molecule is CC(C)OC(N)=O.NS(=O)c1ccccc1-c1cnc(C2CCCCC2)s1. The van der Waals surface area contributed by atoms with Crippen molar-refractivity contribution in [1.29, 1.82) is 0 Å². The molecule has 4 N–H and O–H groups in total. The van der Waals surface area contributed by atoms with Crippen molar-refractivity contribution in [2.45, 2.75) is 62.9 Å². The molecule has 148 valence electrons. The van der Waals surface area contributed by atoms with Crippen LogP contribution in [0.1, 0.15) is 56.9 Å². The van der Waals surface area contributed by atoms with Crippen molar-refractivity contribution < 1.29 is 13.7 Å². The largest absolute Gasteiger partial charge is 0.447 e. The Morgan fingerprint density at radius 3 is 2.48 bits per heavy atom. The Morgan fingerprint density at radius 2 is 1.93 bits per heavy atom. The first-order valence-corrected chi connectivity index (χ1v) is 11.1. The number of thiazole rings is 1. The first kappa shape index (κ1) is 21.5. The Hall–Kier alpha value is -1.77. The van der Waals surface area contributed by atoms with Crippen molar-refractivity contribution in [3.8, 4) is 10.4 Å². The number of hydrogen-bond acceptors (Lipinski definition) is 5. The second kappa shape index (κ2) is 10.5. The second-order valence-electron chi connectivity index (χ2n) is 6.68. The van der Waals surface area contributed by atoms with E-state index in [1.165, 1.54) is 37.1 Å². The molecule has 1 aromatic heterocycles. The van der Waals surface area contributed by atoms with Crippen LogP contribution in [0.25, 0.3) is 10.4 Å². The summed E-state index contributed by atoms with van der Waals surface area (Å²) in [5.74, 6) is 0.609. The van der Waals surface area contributed by atoms with Crippen LogP contribution in [0, 0.1) is 0 Å². The predicted octanol–water partition coefficient (Wildman–Crippen LogP) is 4.33. The predicted molar refractivity (Wildman–Crippen MR) is 110 cm³/mol. The van der Waals surface area contributed by atoms with Crippen molar-refractivity contribution in [2.24, 2.45) is 10.9 Å². The van der Waals surface area contributed by atoms with Crippen molar-refractivity contribution in [1.82, 2.24) is 4.98 Å². The molecule has 1 amide bonds. The van der Waals surface area contributed by atoms with Gasteiger partial charge in [-0.2, -0.15) is 0 Å². The number of nitrogens with two attached hydrogens (primary N) is 2. The summed E-state index contributed by atoms with van der Waals surface area (Å²) in [6, 6.07) is 7.61. The summed E-state index contributed by atoms with van der Waals surface area (Å²) in [6.45, 7) is 3.48. The van der Waals surface area contributed by atoms with Gasteiger partial charge in [0.05, 0.1) is 20.9 Å². The average molecular weight is 410 g/mol. The Labute approximate surface area is 166 Å². The molecule has 0 aliphatic heterocycles. The average Bonchev–Trinajstić information content (AvgIpc) is 3.12. The van der Waals surface area contributed by atoms with Gasteiger partial charge in [-0.25, -0.2) is 19.1 Å². The lowest BCUT2D eigenvalue weighted by Gasteiger charge is -2.18. The molecule has 1 aliphatic rings. The van der Waals surface area contributed by atoms with Gasteiger partial charge < -0.3 is 10.5 Å². The quantitative estimate of drug-likeness (QED) is 0.783. The molecule has 27 heavy (non-hydrogen) atoms. The smallest absolute Gasteiger partial charge is 0.404 e. The molecular formula is C19H27N3O3S2. The first-order valence-electron chi connectivity index (χ1n) is 9.06. The maximum absolute atomic E-state index is 11.6. The summed E-state index contributed by atoms with van der Waals surface area (Å²) in [5.41, 5.74) is 5.58. The number of hydrogen-bond donors (Lipinski definition) is 2. The summed E-state index contributed by atoms with van der Waals surface area (Å²) >= 11 is 1.72. The van der Waals surface area contributed by atoms with Crippen LogP contribution in [0.5, 0.6) is 0 Å². The van der Waals surface area contributed by atoms with Gasteiger partial charge in [0.15, 0.2) is 0 Å². The van der Waals surface area contributed by atoms with Gasteiger partial charge in [-0.15, -0.1) is 11.3 Å². The van der Waals surface area contributed by atoms with E-state index in [1.807, 2.05) is 30.5 Å². The third-order valence-corrected chi connectivity index (χ3v) is 6.18. The Balaban J connectivity index is 0.000000321. The van der Waals surface area contributed by atoms with Crippen LogP contribution >= 0.6 is 11.3 Å². The number of nitrogens with zero attached hydrogens (tertiary/aromatic N) is 1. The van der Waals surface area contributed by atoms with E-state index in [4.69, 9.17) is 5.14 Å². The number of ether oxygens (including phenoxy) is 1. The van der Waals surface area contributed by atoms with Crippen molar-refractivity contribution >= 4 is 28.4 Å². The zero-order valence-electron chi connectivity index (χ0n) is 15.7. The summed E-state index contributed by atoms with van der Waals surface area (Å²) in [4.78, 5) is 16.2. The summed E-state index contributed by atoms with van der Waals surface area (Å²) < 4.78 is 16.0. The molecule has 1 fully saturated rings. The maximum atomic E-state index is 11.6. The van der Waals surface area contributed by atoms with Crippen LogP contribution in [-0.2, 0) is 15.7 Å². The molecular weight excluding hydrogens is 382 g/mol. The highest BCUT2D eigenvalue weighted by molar-refractivity contribution is 7.82. The van der Waals surface area contributed by atoms with Crippen LogP contribution in [0.2, 0.25) is 0 Å². The molecule has 3 rings (SSSR count). The Morgan fingerprint density at radius 1 is 1.26 bits per heavy atom. The zero-order valence-corrected chi connectivity index (χ0v) is 17.4. The number of carbonyl (C=O) groups excluding carboxylic acids is 1. The van der Waals surface area contributed by atoms with E-state index in [-0.39, 0.29) is 6.10 Å². The van der Waals surface area contributed by atoms with Gasteiger partial charge in [-0.3, -0.25) is 0 Å². The molecule has 1 saturated carbocycles. The third kappa shape index (κ3) is 6.71. The molecule has 0 saturated heterocycles. The third-order valence-electron chi connectivity index (χ3n) is 4.20. The lowest BCUT2D eigenvalue weighted by molar-refractivity contribution is 0.125. The van der Waals surface area contributed by atoms with E-state index >= 15 is 0 Å². The monoisotopic (exact) mass is 409 g/mol. The lowest BCUT2D eigenvalue weighted by atomic mass is 9.90. The van der Waals surface area contributed by atoms with E-state index in [1.54, 1.807) is 25.2 Å². The highest BCUT2D eigenvalue weighted by Crippen LogP contribution is 2.38. The van der Waals surface area contributed by atoms with E-state index in [0.717, 1.165) is 10.4 Å². The van der Waals surface area contributed by atoms with Crippen molar-refractivity contribution in [2.75, 3.05) is 0 Å². The van der Waals surface area contributed by atoms with Crippen LogP contribution in [-0.4, -0.2) is 21.4 Å². The minimum Gasteiger partial charge on any atom is -0.447 e. The number of benzene rings is 1. The van der Waals surface area contributed by atoms with Crippen molar-refractivity contribution in [3.63, 3.8) is 0 Å². The number of rotatable bonds is 4. The molecule has 1 aromatic carbocycles. The highest BCUT2D eigenvalue weighted by Gasteiger charge is 2.20. The molecule has 0 spiro atoms. The summed E-state index contributed by atoms with van der Waals surface area (Å²) in [7, 11) is -1.46. The minimum atomic E-state index is -1.46. The number of amides is 1. The fraction of sp³-hybridized carbons (Fsp3) is 0.474.